The highest BCUT2D eigenvalue weighted by molar-refractivity contribution is 9.10. The number of anilines is 2. The van der Waals surface area contributed by atoms with Crippen molar-refractivity contribution in [2.24, 2.45) is 0 Å². The number of halogens is 2. The van der Waals surface area contributed by atoms with E-state index in [1.807, 2.05) is 30.3 Å². The Hall–Kier alpha value is -1.50. The Morgan fingerprint density at radius 2 is 1.71 bits per heavy atom. The third-order valence-electron chi connectivity index (χ3n) is 2.81. The molecule has 108 valence electrons. The van der Waals surface area contributed by atoms with Crippen LogP contribution in [-0.2, 0) is 0 Å². The molecule has 0 aromatic heterocycles. The molecule has 2 aromatic carbocycles. The van der Waals surface area contributed by atoms with Gasteiger partial charge in [-0.3, -0.25) is 0 Å². The van der Waals surface area contributed by atoms with Crippen molar-refractivity contribution in [2.75, 3.05) is 17.4 Å². The molecule has 0 spiro atoms. The molecule has 0 amide bonds. The Labute approximate surface area is 140 Å². The van der Waals surface area contributed by atoms with Crippen LogP contribution in [0.1, 0.15) is 0 Å². The Morgan fingerprint density at radius 1 is 1.05 bits per heavy atom. The zero-order valence-electron chi connectivity index (χ0n) is 10.7. The maximum absolute atomic E-state index is 6.04. The van der Waals surface area contributed by atoms with Gasteiger partial charge >= 0.3 is 0 Å². The first-order valence-corrected chi connectivity index (χ1v) is 7.62. The molecule has 3 rings (SSSR count). The summed E-state index contributed by atoms with van der Waals surface area (Å²) in [6.07, 6.45) is 0. The van der Waals surface area contributed by atoms with Gasteiger partial charge in [0.05, 0.1) is 5.02 Å². The maximum atomic E-state index is 6.04. The molecule has 0 bridgehead atoms. The van der Waals surface area contributed by atoms with Crippen molar-refractivity contribution in [3.8, 4) is 11.5 Å². The van der Waals surface area contributed by atoms with Gasteiger partial charge in [-0.25, -0.2) is 0 Å². The van der Waals surface area contributed by atoms with E-state index in [9.17, 15) is 0 Å². The fourth-order valence-electron chi connectivity index (χ4n) is 1.84. The fraction of sp³-hybridized carbons (Fsp3) is 0.0714. The normalized spacial score (nSPS) is 12.1. The Bertz CT molecular complexity index is 711. The maximum Gasteiger partial charge on any atom is 0.231 e. The lowest BCUT2D eigenvalue weighted by Gasteiger charge is -2.11. The quantitative estimate of drug-likeness (QED) is 0.737. The molecule has 1 aliphatic heterocycles. The summed E-state index contributed by atoms with van der Waals surface area (Å²) in [5, 5.41) is 7.23. The van der Waals surface area contributed by atoms with Gasteiger partial charge in [0.25, 0.3) is 0 Å². The second-order valence-corrected chi connectivity index (χ2v) is 5.95. The van der Waals surface area contributed by atoms with Crippen molar-refractivity contribution in [1.82, 2.24) is 0 Å². The highest BCUT2D eigenvalue weighted by atomic mass is 79.9. The lowest BCUT2D eigenvalue weighted by molar-refractivity contribution is 0.174. The van der Waals surface area contributed by atoms with Crippen LogP contribution in [0.2, 0.25) is 5.02 Å². The number of benzene rings is 2. The SMILES string of the molecule is S=C(Nc1ccc(Br)c(Cl)c1)Nc1ccc2c(c1)OCO2. The van der Waals surface area contributed by atoms with E-state index >= 15 is 0 Å². The molecule has 0 radical (unpaired) electrons. The van der Waals surface area contributed by atoms with E-state index in [4.69, 9.17) is 33.3 Å². The fourth-order valence-corrected chi connectivity index (χ4v) is 2.50. The first-order chi connectivity index (χ1) is 10.1. The van der Waals surface area contributed by atoms with Crippen LogP contribution < -0.4 is 20.1 Å². The summed E-state index contributed by atoms with van der Waals surface area (Å²) < 4.78 is 11.4. The van der Waals surface area contributed by atoms with Crippen LogP contribution in [0.5, 0.6) is 11.5 Å². The van der Waals surface area contributed by atoms with Crippen LogP contribution in [0, 0.1) is 0 Å². The number of thiocarbonyl (C=S) groups is 1. The van der Waals surface area contributed by atoms with E-state index in [0.717, 1.165) is 21.6 Å². The smallest absolute Gasteiger partial charge is 0.231 e. The van der Waals surface area contributed by atoms with Crippen LogP contribution in [0.4, 0.5) is 11.4 Å². The molecule has 0 atom stereocenters. The van der Waals surface area contributed by atoms with E-state index in [1.54, 1.807) is 6.07 Å². The molecule has 7 heteroatoms. The minimum atomic E-state index is 0.249. The van der Waals surface area contributed by atoms with Gasteiger partial charge in [-0.15, -0.1) is 0 Å². The predicted octanol–water partition coefficient (Wildman–Crippen LogP) is 4.64. The molecule has 0 saturated heterocycles. The Morgan fingerprint density at radius 3 is 2.48 bits per heavy atom. The third-order valence-corrected chi connectivity index (χ3v) is 4.24. The predicted molar refractivity (Wildman–Crippen MR) is 91.6 cm³/mol. The summed E-state index contributed by atoms with van der Waals surface area (Å²) in [6, 6.07) is 11.1. The second kappa shape index (κ2) is 6.09. The average molecular weight is 386 g/mol. The molecular weight excluding hydrogens is 376 g/mol. The van der Waals surface area contributed by atoms with Crippen LogP contribution in [0.15, 0.2) is 40.9 Å². The highest BCUT2D eigenvalue weighted by Gasteiger charge is 2.13. The van der Waals surface area contributed by atoms with Crippen molar-refractivity contribution in [1.29, 1.82) is 0 Å². The van der Waals surface area contributed by atoms with Gasteiger partial charge in [-0.05, 0) is 58.5 Å². The van der Waals surface area contributed by atoms with Crippen LogP contribution in [-0.4, -0.2) is 11.9 Å². The minimum Gasteiger partial charge on any atom is -0.454 e. The molecule has 2 aromatic rings. The van der Waals surface area contributed by atoms with Crippen LogP contribution in [0.25, 0.3) is 0 Å². The Balaban J connectivity index is 1.67. The molecule has 0 aliphatic carbocycles. The molecular formula is C14H10BrClN2O2S. The summed E-state index contributed by atoms with van der Waals surface area (Å²) in [6.45, 7) is 0.249. The number of fused-ring (bicyclic) bond motifs is 1. The summed E-state index contributed by atoms with van der Waals surface area (Å²) in [5.41, 5.74) is 1.63. The summed E-state index contributed by atoms with van der Waals surface area (Å²) >= 11 is 14.7. The number of hydrogen-bond acceptors (Lipinski definition) is 3. The van der Waals surface area contributed by atoms with Crippen molar-refractivity contribution >= 4 is 56.2 Å². The Kier molecular flexibility index (Phi) is 4.19. The van der Waals surface area contributed by atoms with Gasteiger partial charge in [0.2, 0.25) is 6.79 Å². The van der Waals surface area contributed by atoms with E-state index in [1.165, 1.54) is 0 Å². The zero-order chi connectivity index (χ0) is 14.8. The molecule has 1 heterocycles. The number of hydrogen-bond donors (Lipinski definition) is 2. The lowest BCUT2D eigenvalue weighted by Crippen LogP contribution is -2.18. The van der Waals surface area contributed by atoms with Crippen LogP contribution in [0.3, 0.4) is 0 Å². The molecule has 2 N–H and O–H groups in total. The molecule has 0 saturated carbocycles. The van der Waals surface area contributed by atoms with Crippen molar-refractivity contribution in [3.63, 3.8) is 0 Å². The van der Waals surface area contributed by atoms with Gasteiger partial charge in [-0.2, -0.15) is 0 Å². The second-order valence-electron chi connectivity index (χ2n) is 4.28. The summed E-state index contributed by atoms with van der Waals surface area (Å²) in [5.74, 6) is 1.44. The first-order valence-electron chi connectivity index (χ1n) is 6.04. The van der Waals surface area contributed by atoms with E-state index in [-0.39, 0.29) is 6.79 Å². The first kappa shape index (κ1) is 14.4. The van der Waals surface area contributed by atoms with Crippen molar-refractivity contribution < 1.29 is 9.47 Å². The summed E-state index contributed by atoms with van der Waals surface area (Å²) in [7, 11) is 0. The number of rotatable bonds is 2. The molecule has 1 aliphatic rings. The number of nitrogens with one attached hydrogen (secondary N) is 2. The number of ether oxygens (including phenoxy) is 2. The highest BCUT2D eigenvalue weighted by Crippen LogP contribution is 2.34. The standard InChI is InChI=1S/C14H10BrClN2O2S/c15-10-3-1-8(5-11(10)16)17-14(21)18-9-2-4-12-13(6-9)20-7-19-12/h1-6H,7H2,(H2,17,18,21). The van der Waals surface area contributed by atoms with Crippen LogP contribution >= 0.6 is 39.7 Å². The van der Waals surface area contributed by atoms with Crippen molar-refractivity contribution in [3.05, 3.63) is 45.9 Å². The van der Waals surface area contributed by atoms with E-state index in [0.29, 0.717) is 15.9 Å². The van der Waals surface area contributed by atoms with Gasteiger partial charge < -0.3 is 20.1 Å². The minimum absolute atomic E-state index is 0.249. The van der Waals surface area contributed by atoms with Crippen molar-refractivity contribution in [2.45, 2.75) is 0 Å². The van der Waals surface area contributed by atoms with Gasteiger partial charge in [-0.1, -0.05) is 11.6 Å². The topological polar surface area (TPSA) is 42.5 Å². The molecule has 0 fully saturated rings. The lowest BCUT2D eigenvalue weighted by atomic mass is 10.3. The van der Waals surface area contributed by atoms with Gasteiger partial charge in [0.1, 0.15) is 0 Å². The van der Waals surface area contributed by atoms with E-state index in [2.05, 4.69) is 26.6 Å². The molecule has 4 nitrogen and oxygen atoms in total. The largest absolute Gasteiger partial charge is 0.454 e. The van der Waals surface area contributed by atoms with Gasteiger partial charge in [0.15, 0.2) is 16.6 Å². The molecule has 21 heavy (non-hydrogen) atoms. The van der Waals surface area contributed by atoms with Gasteiger partial charge in [0, 0.05) is 21.9 Å². The van der Waals surface area contributed by atoms with E-state index < -0.39 is 0 Å². The zero-order valence-corrected chi connectivity index (χ0v) is 13.8. The molecule has 0 unspecified atom stereocenters. The third kappa shape index (κ3) is 3.40. The summed E-state index contributed by atoms with van der Waals surface area (Å²) in [4.78, 5) is 0. The average Bonchev–Trinajstić information content (AvgIpc) is 2.90. The monoisotopic (exact) mass is 384 g/mol.